The molecule has 1 aromatic heterocycles. The van der Waals surface area contributed by atoms with E-state index < -0.39 is 7.12 Å². The predicted molar refractivity (Wildman–Crippen MR) is 62.7 cm³/mol. The second-order valence-corrected chi connectivity index (χ2v) is 4.54. The Morgan fingerprint density at radius 1 is 1.25 bits per heavy atom. The van der Waals surface area contributed by atoms with Gasteiger partial charge in [-0.3, -0.25) is 0 Å². The van der Waals surface area contributed by atoms with Crippen molar-refractivity contribution in [3.05, 3.63) is 17.2 Å². The molecule has 86 valence electrons. The highest BCUT2D eigenvalue weighted by atomic mass is 35.5. The highest BCUT2D eigenvalue weighted by Gasteiger charge is 2.22. The fraction of sp³-hybridized carbons (Fsp3) is 0.600. The minimum atomic E-state index is -1.60. The summed E-state index contributed by atoms with van der Waals surface area (Å²) in [6, 6.07) is 0. The normalized spacial score (nSPS) is 17.4. The van der Waals surface area contributed by atoms with Crippen molar-refractivity contribution in [3.8, 4) is 0 Å². The maximum Gasteiger partial charge on any atom is 0.493 e. The number of halogens is 1. The molecule has 1 fully saturated rings. The molecule has 2 N–H and O–H groups in total. The summed E-state index contributed by atoms with van der Waals surface area (Å²) in [5.41, 5.74) is 0.168. The van der Waals surface area contributed by atoms with Gasteiger partial charge in [0.25, 0.3) is 0 Å². The van der Waals surface area contributed by atoms with Crippen molar-refractivity contribution in [2.45, 2.75) is 38.0 Å². The van der Waals surface area contributed by atoms with Gasteiger partial charge in [0.1, 0.15) is 11.0 Å². The summed E-state index contributed by atoms with van der Waals surface area (Å²) in [7, 11) is -1.60. The highest BCUT2D eigenvalue weighted by molar-refractivity contribution is 6.62. The summed E-state index contributed by atoms with van der Waals surface area (Å²) in [6.45, 7) is 0. The van der Waals surface area contributed by atoms with E-state index in [-0.39, 0.29) is 10.6 Å². The quantitative estimate of drug-likeness (QED) is 0.594. The molecule has 1 heterocycles. The average Bonchev–Trinajstić information content (AvgIpc) is 2.29. The molecule has 1 aliphatic rings. The first-order chi connectivity index (χ1) is 7.68. The molecule has 0 bridgehead atoms. The maximum absolute atomic E-state index is 9.00. The zero-order valence-corrected chi connectivity index (χ0v) is 9.69. The smallest absolute Gasteiger partial charge is 0.423 e. The van der Waals surface area contributed by atoms with Crippen LogP contribution in [-0.2, 0) is 0 Å². The van der Waals surface area contributed by atoms with Gasteiger partial charge in [-0.2, -0.15) is 0 Å². The summed E-state index contributed by atoms with van der Waals surface area (Å²) in [5, 5.41) is 18.1. The third-order valence-electron chi connectivity index (χ3n) is 3.04. The summed E-state index contributed by atoms with van der Waals surface area (Å²) < 4.78 is 0. The van der Waals surface area contributed by atoms with Crippen LogP contribution in [-0.4, -0.2) is 27.1 Å². The average molecular weight is 240 g/mol. The van der Waals surface area contributed by atoms with Crippen LogP contribution in [0.3, 0.4) is 0 Å². The van der Waals surface area contributed by atoms with Gasteiger partial charge in [-0.1, -0.05) is 30.9 Å². The van der Waals surface area contributed by atoms with E-state index in [1.807, 2.05) is 0 Å². The van der Waals surface area contributed by atoms with E-state index in [1.165, 1.54) is 25.5 Å². The van der Waals surface area contributed by atoms with Crippen molar-refractivity contribution < 1.29 is 10.0 Å². The summed E-state index contributed by atoms with van der Waals surface area (Å²) >= 11 is 5.87. The largest absolute Gasteiger partial charge is 0.493 e. The minimum Gasteiger partial charge on any atom is -0.423 e. The van der Waals surface area contributed by atoms with Gasteiger partial charge in [-0.05, 0) is 12.8 Å². The fourth-order valence-electron chi connectivity index (χ4n) is 2.11. The van der Waals surface area contributed by atoms with Gasteiger partial charge in [-0.25, -0.2) is 9.97 Å². The highest BCUT2D eigenvalue weighted by Crippen LogP contribution is 2.30. The van der Waals surface area contributed by atoms with Gasteiger partial charge in [-0.15, -0.1) is 0 Å². The van der Waals surface area contributed by atoms with E-state index in [4.69, 9.17) is 21.6 Å². The molecular weight excluding hydrogens is 226 g/mol. The van der Waals surface area contributed by atoms with Crippen LogP contribution in [0.4, 0.5) is 0 Å². The Bertz CT molecular complexity index is 370. The van der Waals surface area contributed by atoms with Crippen LogP contribution in [0.15, 0.2) is 6.20 Å². The Morgan fingerprint density at radius 3 is 2.50 bits per heavy atom. The number of aromatic nitrogens is 2. The number of rotatable bonds is 2. The monoisotopic (exact) mass is 240 g/mol. The van der Waals surface area contributed by atoms with E-state index in [1.54, 1.807) is 0 Å². The Hall–Kier alpha value is -0.645. The van der Waals surface area contributed by atoms with Crippen LogP contribution in [0.25, 0.3) is 0 Å². The molecule has 6 heteroatoms. The standard InChI is InChI=1S/C10H14BClN2O2/c12-9-8(11(15)16)6-13-10(14-9)7-4-2-1-3-5-7/h6-7,15-16H,1-5H2. The molecule has 1 aliphatic carbocycles. The van der Waals surface area contributed by atoms with Crippen molar-refractivity contribution in [3.63, 3.8) is 0 Å². The molecule has 1 aromatic rings. The molecule has 0 radical (unpaired) electrons. The van der Waals surface area contributed by atoms with E-state index in [2.05, 4.69) is 9.97 Å². The molecule has 4 nitrogen and oxygen atoms in total. The topological polar surface area (TPSA) is 66.2 Å². The third-order valence-corrected chi connectivity index (χ3v) is 3.34. The molecule has 16 heavy (non-hydrogen) atoms. The SMILES string of the molecule is OB(O)c1cnc(C2CCCCC2)nc1Cl. The van der Waals surface area contributed by atoms with E-state index in [0.717, 1.165) is 18.7 Å². The first kappa shape index (κ1) is 11.8. The Balaban J connectivity index is 2.19. The lowest BCUT2D eigenvalue weighted by atomic mass is 9.82. The van der Waals surface area contributed by atoms with Crippen molar-refractivity contribution in [2.24, 2.45) is 0 Å². The molecule has 1 saturated carbocycles. The van der Waals surface area contributed by atoms with Crippen molar-refractivity contribution in [2.75, 3.05) is 0 Å². The molecule has 0 aromatic carbocycles. The van der Waals surface area contributed by atoms with Crippen LogP contribution in [0.5, 0.6) is 0 Å². The van der Waals surface area contributed by atoms with Gasteiger partial charge in [0.15, 0.2) is 0 Å². The first-order valence-corrected chi connectivity index (χ1v) is 5.94. The zero-order valence-electron chi connectivity index (χ0n) is 8.93. The molecule has 2 rings (SSSR count). The van der Waals surface area contributed by atoms with Crippen LogP contribution < -0.4 is 5.46 Å². The van der Waals surface area contributed by atoms with Crippen molar-refractivity contribution in [1.82, 2.24) is 9.97 Å². The van der Waals surface area contributed by atoms with Crippen LogP contribution >= 0.6 is 11.6 Å². The van der Waals surface area contributed by atoms with Crippen molar-refractivity contribution >= 4 is 24.2 Å². The van der Waals surface area contributed by atoms with Gasteiger partial charge >= 0.3 is 7.12 Å². The third kappa shape index (κ3) is 2.54. The lowest BCUT2D eigenvalue weighted by Crippen LogP contribution is -2.32. The maximum atomic E-state index is 9.00. The Morgan fingerprint density at radius 2 is 1.94 bits per heavy atom. The summed E-state index contributed by atoms with van der Waals surface area (Å²) in [4.78, 5) is 8.32. The molecule has 0 atom stereocenters. The second-order valence-electron chi connectivity index (χ2n) is 4.18. The molecule has 0 spiro atoms. The number of nitrogens with zero attached hydrogens (tertiary/aromatic N) is 2. The van der Waals surface area contributed by atoms with E-state index in [0.29, 0.717) is 5.92 Å². The zero-order chi connectivity index (χ0) is 11.5. The lowest BCUT2D eigenvalue weighted by molar-refractivity contribution is 0.422. The molecule has 0 aliphatic heterocycles. The van der Waals surface area contributed by atoms with Gasteiger partial charge in [0, 0.05) is 17.6 Å². The fourth-order valence-corrected chi connectivity index (χ4v) is 2.35. The summed E-state index contributed by atoms with van der Waals surface area (Å²) in [5.74, 6) is 1.10. The van der Waals surface area contributed by atoms with Gasteiger partial charge < -0.3 is 10.0 Å². The number of hydrogen-bond donors (Lipinski definition) is 2. The van der Waals surface area contributed by atoms with Crippen LogP contribution in [0, 0.1) is 0 Å². The lowest BCUT2D eigenvalue weighted by Gasteiger charge is -2.20. The van der Waals surface area contributed by atoms with E-state index in [9.17, 15) is 0 Å². The minimum absolute atomic E-state index is 0.144. The predicted octanol–water partition coefficient (Wildman–Crippen LogP) is 0.857. The molecular formula is C10H14BClN2O2. The van der Waals surface area contributed by atoms with Gasteiger partial charge in [0.05, 0.1) is 0 Å². The number of hydrogen-bond acceptors (Lipinski definition) is 4. The molecule has 0 amide bonds. The second kappa shape index (κ2) is 5.12. The Labute approximate surface area is 99.8 Å². The Kier molecular flexibility index (Phi) is 3.79. The summed E-state index contributed by atoms with van der Waals surface area (Å²) in [6.07, 6.45) is 7.28. The van der Waals surface area contributed by atoms with Gasteiger partial charge in [0.2, 0.25) is 0 Å². The molecule has 0 saturated heterocycles. The van der Waals surface area contributed by atoms with Crippen molar-refractivity contribution in [1.29, 1.82) is 0 Å². The first-order valence-electron chi connectivity index (χ1n) is 5.57. The van der Waals surface area contributed by atoms with Crippen LogP contribution in [0.2, 0.25) is 5.15 Å². The van der Waals surface area contributed by atoms with Crippen LogP contribution in [0.1, 0.15) is 43.8 Å². The van der Waals surface area contributed by atoms with E-state index >= 15 is 0 Å². The molecule has 0 unspecified atom stereocenters.